The van der Waals surface area contributed by atoms with Crippen LogP contribution >= 0.6 is 0 Å². The maximum absolute atomic E-state index is 4.24. The second kappa shape index (κ2) is 8.82. The molecule has 0 atom stereocenters. The van der Waals surface area contributed by atoms with E-state index >= 15 is 0 Å². The minimum absolute atomic E-state index is 0.708. The molecule has 2 rings (SSSR count). The Labute approximate surface area is 138 Å². The van der Waals surface area contributed by atoms with Gasteiger partial charge in [0.25, 0.3) is 0 Å². The second-order valence-corrected chi connectivity index (χ2v) is 5.41. The molecule has 1 aromatic heterocycles. The van der Waals surface area contributed by atoms with Crippen LogP contribution in [0.15, 0.2) is 47.6 Å². The van der Waals surface area contributed by atoms with Crippen molar-refractivity contribution in [2.45, 2.75) is 13.0 Å². The van der Waals surface area contributed by atoms with Gasteiger partial charge in [-0.1, -0.05) is 18.2 Å². The zero-order valence-corrected chi connectivity index (χ0v) is 14.2. The molecule has 0 saturated carbocycles. The van der Waals surface area contributed by atoms with Crippen molar-refractivity contribution >= 4 is 11.6 Å². The second-order valence-electron chi connectivity index (χ2n) is 5.41. The smallest absolute Gasteiger partial charge is 0.191 e. The molecular formula is C17H26N6. The topological polar surface area (TPSA) is 57.5 Å². The van der Waals surface area contributed by atoms with Gasteiger partial charge in [-0.25, -0.2) is 0 Å². The number of aromatic nitrogens is 2. The first-order chi connectivity index (χ1) is 11.2. The summed E-state index contributed by atoms with van der Waals surface area (Å²) in [5.74, 6) is 0.813. The van der Waals surface area contributed by atoms with Gasteiger partial charge in [0.2, 0.25) is 0 Å². The molecule has 124 valence electrons. The first-order valence-electron chi connectivity index (χ1n) is 7.88. The van der Waals surface area contributed by atoms with E-state index in [2.05, 4.69) is 56.9 Å². The number of guanidine groups is 1. The van der Waals surface area contributed by atoms with Gasteiger partial charge in [0.15, 0.2) is 5.96 Å². The Hall–Kier alpha value is -2.50. The third-order valence-electron chi connectivity index (χ3n) is 3.74. The van der Waals surface area contributed by atoms with Crippen LogP contribution in [0.5, 0.6) is 0 Å². The van der Waals surface area contributed by atoms with Crippen LogP contribution in [0.25, 0.3) is 0 Å². The van der Waals surface area contributed by atoms with Crippen LogP contribution < -0.4 is 15.5 Å². The summed E-state index contributed by atoms with van der Waals surface area (Å²) in [6.07, 6.45) is 2.84. The highest BCUT2D eigenvalue weighted by molar-refractivity contribution is 5.79. The Bertz CT molecular complexity index is 605. The van der Waals surface area contributed by atoms with Crippen LogP contribution in [0.1, 0.15) is 12.1 Å². The van der Waals surface area contributed by atoms with Gasteiger partial charge in [-0.15, -0.1) is 0 Å². The summed E-state index contributed by atoms with van der Waals surface area (Å²) in [6, 6.07) is 12.4. The SMILES string of the molecule is CN=C(NCCCN(C)c1ccccc1)NCc1ccnn1C. The van der Waals surface area contributed by atoms with E-state index in [0.717, 1.165) is 31.2 Å². The first-order valence-corrected chi connectivity index (χ1v) is 7.88. The highest BCUT2D eigenvalue weighted by atomic mass is 15.3. The van der Waals surface area contributed by atoms with Gasteiger partial charge in [-0.2, -0.15) is 5.10 Å². The van der Waals surface area contributed by atoms with Crippen LogP contribution in [0.3, 0.4) is 0 Å². The van der Waals surface area contributed by atoms with E-state index in [1.54, 1.807) is 13.2 Å². The molecule has 0 aliphatic rings. The van der Waals surface area contributed by atoms with Gasteiger partial charge < -0.3 is 15.5 Å². The van der Waals surface area contributed by atoms with Crippen LogP contribution in [0, 0.1) is 0 Å². The molecule has 0 amide bonds. The fraction of sp³-hybridized carbons (Fsp3) is 0.412. The summed E-state index contributed by atoms with van der Waals surface area (Å²) in [5.41, 5.74) is 2.36. The van der Waals surface area contributed by atoms with Crippen molar-refractivity contribution in [1.82, 2.24) is 20.4 Å². The lowest BCUT2D eigenvalue weighted by Gasteiger charge is -2.19. The Morgan fingerprint density at radius 2 is 2.00 bits per heavy atom. The fourth-order valence-corrected chi connectivity index (χ4v) is 2.30. The van der Waals surface area contributed by atoms with Gasteiger partial charge in [0.05, 0.1) is 12.2 Å². The van der Waals surface area contributed by atoms with Crippen molar-refractivity contribution in [3.63, 3.8) is 0 Å². The summed E-state index contributed by atoms with van der Waals surface area (Å²) in [4.78, 5) is 6.50. The third kappa shape index (κ3) is 5.32. The zero-order valence-electron chi connectivity index (χ0n) is 14.2. The molecule has 0 bridgehead atoms. The number of nitrogens with zero attached hydrogens (tertiary/aromatic N) is 4. The number of hydrogen-bond acceptors (Lipinski definition) is 3. The molecule has 0 radical (unpaired) electrons. The van der Waals surface area contributed by atoms with Crippen molar-refractivity contribution in [2.24, 2.45) is 12.0 Å². The molecule has 2 N–H and O–H groups in total. The van der Waals surface area contributed by atoms with Gasteiger partial charge in [-0.05, 0) is 24.6 Å². The third-order valence-corrected chi connectivity index (χ3v) is 3.74. The fourth-order valence-electron chi connectivity index (χ4n) is 2.30. The first kappa shape index (κ1) is 16.9. The van der Waals surface area contributed by atoms with Gasteiger partial charge in [0.1, 0.15) is 0 Å². The summed E-state index contributed by atoms with van der Waals surface area (Å²) in [6.45, 7) is 2.58. The average Bonchev–Trinajstić information content (AvgIpc) is 3.00. The number of hydrogen-bond donors (Lipinski definition) is 2. The maximum Gasteiger partial charge on any atom is 0.191 e. The molecule has 6 heteroatoms. The van der Waals surface area contributed by atoms with E-state index in [4.69, 9.17) is 0 Å². The summed E-state index contributed by atoms with van der Waals surface area (Å²) < 4.78 is 1.86. The van der Waals surface area contributed by atoms with E-state index < -0.39 is 0 Å². The lowest BCUT2D eigenvalue weighted by Crippen LogP contribution is -2.38. The molecule has 0 unspecified atom stereocenters. The number of para-hydroxylation sites is 1. The van der Waals surface area contributed by atoms with Crippen LogP contribution in [-0.2, 0) is 13.6 Å². The highest BCUT2D eigenvalue weighted by Crippen LogP contribution is 2.10. The van der Waals surface area contributed by atoms with Crippen molar-refractivity contribution in [1.29, 1.82) is 0 Å². The number of benzene rings is 1. The normalized spacial score (nSPS) is 11.3. The number of nitrogens with one attached hydrogen (secondary N) is 2. The molecule has 2 aromatic rings. The van der Waals surface area contributed by atoms with E-state index in [1.165, 1.54) is 5.69 Å². The van der Waals surface area contributed by atoms with E-state index in [0.29, 0.717) is 6.54 Å². The largest absolute Gasteiger partial charge is 0.375 e. The quantitative estimate of drug-likeness (QED) is 0.463. The van der Waals surface area contributed by atoms with Crippen LogP contribution in [-0.4, -0.2) is 42.9 Å². The average molecular weight is 314 g/mol. The number of aryl methyl sites for hydroxylation is 1. The molecule has 0 aliphatic heterocycles. The molecule has 1 aromatic carbocycles. The van der Waals surface area contributed by atoms with E-state index in [-0.39, 0.29) is 0 Å². The van der Waals surface area contributed by atoms with Crippen LogP contribution in [0.2, 0.25) is 0 Å². The van der Waals surface area contributed by atoms with Gasteiger partial charge in [0, 0.05) is 46.1 Å². The number of aliphatic imine (C=N–C) groups is 1. The number of rotatable bonds is 7. The molecule has 0 fully saturated rings. The zero-order chi connectivity index (χ0) is 16.5. The lowest BCUT2D eigenvalue weighted by atomic mass is 10.3. The molecule has 1 heterocycles. The Kier molecular flexibility index (Phi) is 6.47. The Morgan fingerprint density at radius 3 is 2.65 bits per heavy atom. The Balaban J connectivity index is 1.67. The standard InChI is InChI=1S/C17H26N6/c1-18-17(20-14-16-10-12-21-23(16)3)19-11-7-13-22(2)15-8-5-4-6-9-15/h4-6,8-10,12H,7,11,13-14H2,1-3H3,(H2,18,19,20). The molecular weight excluding hydrogens is 288 g/mol. The summed E-state index contributed by atoms with van der Waals surface area (Å²) >= 11 is 0. The van der Waals surface area contributed by atoms with E-state index in [1.807, 2.05) is 23.9 Å². The minimum atomic E-state index is 0.708. The minimum Gasteiger partial charge on any atom is -0.375 e. The van der Waals surface area contributed by atoms with Gasteiger partial charge >= 0.3 is 0 Å². The molecule has 0 aliphatic carbocycles. The van der Waals surface area contributed by atoms with Crippen LogP contribution in [0.4, 0.5) is 5.69 Å². The Morgan fingerprint density at radius 1 is 1.22 bits per heavy atom. The van der Waals surface area contributed by atoms with Crippen molar-refractivity contribution in [3.05, 3.63) is 48.3 Å². The predicted octanol–water partition coefficient (Wildman–Crippen LogP) is 1.61. The number of anilines is 1. The van der Waals surface area contributed by atoms with Gasteiger partial charge in [-0.3, -0.25) is 9.67 Å². The highest BCUT2D eigenvalue weighted by Gasteiger charge is 2.02. The summed E-state index contributed by atoms with van der Waals surface area (Å²) in [5, 5.41) is 10.8. The lowest BCUT2D eigenvalue weighted by molar-refractivity contribution is 0.678. The van der Waals surface area contributed by atoms with Crippen molar-refractivity contribution < 1.29 is 0 Å². The molecule has 6 nitrogen and oxygen atoms in total. The van der Waals surface area contributed by atoms with Crippen molar-refractivity contribution in [2.75, 3.05) is 32.1 Å². The molecule has 0 spiro atoms. The molecule has 0 saturated heterocycles. The monoisotopic (exact) mass is 314 g/mol. The molecule has 23 heavy (non-hydrogen) atoms. The summed E-state index contributed by atoms with van der Waals surface area (Å²) in [7, 11) is 5.84. The maximum atomic E-state index is 4.24. The predicted molar refractivity (Wildman–Crippen MR) is 95.7 cm³/mol. The van der Waals surface area contributed by atoms with E-state index in [9.17, 15) is 0 Å². The van der Waals surface area contributed by atoms with Crippen molar-refractivity contribution in [3.8, 4) is 0 Å².